The Balaban J connectivity index is 1.78. The normalized spacial score (nSPS) is 11.4. The molecule has 0 saturated heterocycles. The second-order valence-electron chi connectivity index (χ2n) is 7.39. The van der Waals surface area contributed by atoms with Crippen LogP contribution in [0.25, 0.3) is 16.9 Å². The van der Waals surface area contributed by atoms with Crippen LogP contribution in [-0.4, -0.2) is 43.9 Å². The van der Waals surface area contributed by atoms with E-state index in [0.717, 1.165) is 23.0 Å². The molecule has 0 unspecified atom stereocenters. The van der Waals surface area contributed by atoms with Crippen LogP contribution >= 0.6 is 11.6 Å². The van der Waals surface area contributed by atoms with Crippen molar-refractivity contribution < 1.29 is 27.5 Å². The second-order valence-corrected chi connectivity index (χ2v) is 7.80. The standard InChI is InChI=1S/C23H17ClF4N6O2/c24-17-11-15(4-5-18(17)25)31-22-30-12-16(13-2-1-3-14(10-13)21(36)29-7-9-35)20(32-22)34-8-6-19(33-34)23(26,27)28/h1-6,8,10-12,35H,7,9H2,(H,29,36)(H,30,31,32). The molecule has 8 nitrogen and oxygen atoms in total. The Morgan fingerprint density at radius 1 is 1.14 bits per heavy atom. The number of aliphatic hydroxyl groups excluding tert-OH is 1. The summed E-state index contributed by atoms with van der Waals surface area (Å²) in [6, 6.07) is 10.9. The summed E-state index contributed by atoms with van der Waals surface area (Å²) in [4.78, 5) is 20.9. The van der Waals surface area contributed by atoms with Crippen molar-refractivity contribution in [2.24, 2.45) is 0 Å². The third-order valence-electron chi connectivity index (χ3n) is 4.87. The number of halogens is 5. The largest absolute Gasteiger partial charge is 0.435 e. The molecule has 2 heterocycles. The van der Waals surface area contributed by atoms with Gasteiger partial charge in [0.1, 0.15) is 5.82 Å². The number of carbonyl (C=O) groups is 1. The molecule has 0 bridgehead atoms. The van der Waals surface area contributed by atoms with Crippen molar-refractivity contribution in [2.45, 2.75) is 6.18 Å². The van der Waals surface area contributed by atoms with Crippen LogP contribution in [0.5, 0.6) is 0 Å². The van der Waals surface area contributed by atoms with E-state index in [1.807, 2.05) is 0 Å². The predicted octanol–water partition coefficient (Wildman–Crippen LogP) is 4.61. The smallest absolute Gasteiger partial charge is 0.395 e. The van der Waals surface area contributed by atoms with Crippen molar-refractivity contribution >= 4 is 29.1 Å². The molecular formula is C23H17ClF4N6O2. The van der Waals surface area contributed by atoms with E-state index in [4.69, 9.17) is 16.7 Å². The number of anilines is 2. The zero-order valence-corrected chi connectivity index (χ0v) is 19.0. The lowest BCUT2D eigenvalue weighted by atomic mass is 10.0. The Hall–Kier alpha value is -4.03. The molecule has 13 heteroatoms. The van der Waals surface area contributed by atoms with Crippen LogP contribution in [0.15, 0.2) is 60.9 Å². The monoisotopic (exact) mass is 520 g/mol. The van der Waals surface area contributed by atoms with Gasteiger partial charge in [-0.3, -0.25) is 4.79 Å². The second kappa shape index (κ2) is 10.3. The molecule has 2 aromatic heterocycles. The average Bonchev–Trinajstić information content (AvgIpc) is 3.36. The topological polar surface area (TPSA) is 105 Å². The third-order valence-corrected chi connectivity index (χ3v) is 5.16. The van der Waals surface area contributed by atoms with Crippen molar-refractivity contribution in [1.29, 1.82) is 0 Å². The lowest BCUT2D eigenvalue weighted by Crippen LogP contribution is -2.26. The molecule has 0 radical (unpaired) electrons. The minimum atomic E-state index is -4.67. The molecule has 0 atom stereocenters. The Kier molecular flexibility index (Phi) is 7.17. The molecule has 1 amide bonds. The van der Waals surface area contributed by atoms with Crippen molar-refractivity contribution in [3.05, 3.63) is 83.0 Å². The SMILES string of the molecule is O=C(NCCO)c1cccc(-c2cnc(Nc3ccc(F)c(Cl)c3)nc2-n2ccc(C(F)(F)F)n2)c1. The number of benzene rings is 2. The highest BCUT2D eigenvalue weighted by Gasteiger charge is 2.34. The van der Waals surface area contributed by atoms with Gasteiger partial charge in [0.15, 0.2) is 11.5 Å². The number of hydrogen-bond donors (Lipinski definition) is 3. The van der Waals surface area contributed by atoms with Gasteiger partial charge in [0, 0.05) is 35.8 Å². The minimum Gasteiger partial charge on any atom is -0.395 e. The molecule has 186 valence electrons. The summed E-state index contributed by atoms with van der Waals surface area (Å²) >= 11 is 5.81. The zero-order valence-electron chi connectivity index (χ0n) is 18.2. The van der Waals surface area contributed by atoms with E-state index >= 15 is 0 Å². The average molecular weight is 521 g/mol. The number of alkyl halides is 3. The van der Waals surface area contributed by atoms with Crippen LogP contribution in [-0.2, 0) is 6.18 Å². The highest BCUT2D eigenvalue weighted by molar-refractivity contribution is 6.31. The van der Waals surface area contributed by atoms with Gasteiger partial charge < -0.3 is 15.7 Å². The summed E-state index contributed by atoms with van der Waals surface area (Å²) in [6.45, 7) is -0.184. The summed E-state index contributed by atoms with van der Waals surface area (Å²) in [5.74, 6) is -1.10. The van der Waals surface area contributed by atoms with Crippen molar-refractivity contribution in [2.75, 3.05) is 18.5 Å². The van der Waals surface area contributed by atoms with Crippen molar-refractivity contribution in [1.82, 2.24) is 25.1 Å². The highest BCUT2D eigenvalue weighted by atomic mass is 35.5. The van der Waals surface area contributed by atoms with E-state index in [0.29, 0.717) is 11.3 Å². The van der Waals surface area contributed by atoms with Gasteiger partial charge >= 0.3 is 6.18 Å². The number of nitrogens with one attached hydrogen (secondary N) is 2. The van der Waals surface area contributed by atoms with Crippen LogP contribution in [0.3, 0.4) is 0 Å². The Morgan fingerprint density at radius 3 is 2.64 bits per heavy atom. The first-order chi connectivity index (χ1) is 17.2. The van der Waals surface area contributed by atoms with Crippen LogP contribution in [0.2, 0.25) is 5.02 Å². The predicted molar refractivity (Wildman–Crippen MR) is 124 cm³/mol. The summed E-state index contributed by atoms with van der Waals surface area (Å²) in [5, 5.41) is 17.7. The summed E-state index contributed by atoms with van der Waals surface area (Å²) in [6.07, 6.45) is -2.21. The van der Waals surface area contributed by atoms with Gasteiger partial charge in [-0.1, -0.05) is 23.7 Å². The van der Waals surface area contributed by atoms with Gasteiger partial charge in [-0.05, 0) is 42.0 Å². The van der Waals surface area contributed by atoms with Gasteiger partial charge in [0.25, 0.3) is 5.91 Å². The molecule has 0 spiro atoms. The van der Waals surface area contributed by atoms with Crippen LogP contribution in [0.1, 0.15) is 16.1 Å². The fraction of sp³-hybridized carbons (Fsp3) is 0.130. The number of carbonyl (C=O) groups excluding carboxylic acids is 1. The first kappa shape index (κ1) is 25.1. The molecule has 0 aliphatic carbocycles. The number of aromatic nitrogens is 4. The maximum absolute atomic E-state index is 13.5. The lowest BCUT2D eigenvalue weighted by molar-refractivity contribution is -0.141. The van der Waals surface area contributed by atoms with Gasteiger partial charge in [-0.2, -0.15) is 23.3 Å². The first-order valence-corrected chi connectivity index (χ1v) is 10.8. The molecule has 0 fully saturated rings. The lowest BCUT2D eigenvalue weighted by Gasteiger charge is -2.13. The fourth-order valence-electron chi connectivity index (χ4n) is 3.21. The van der Waals surface area contributed by atoms with Crippen LogP contribution < -0.4 is 10.6 Å². The molecule has 2 aromatic carbocycles. The molecule has 0 aliphatic heterocycles. The Morgan fingerprint density at radius 2 is 1.94 bits per heavy atom. The Labute approximate surface area is 206 Å². The van der Waals surface area contributed by atoms with E-state index in [1.165, 1.54) is 24.4 Å². The number of rotatable bonds is 7. The molecular weight excluding hydrogens is 504 g/mol. The number of amides is 1. The molecule has 36 heavy (non-hydrogen) atoms. The van der Waals surface area contributed by atoms with Crippen molar-refractivity contribution in [3.63, 3.8) is 0 Å². The third kappa shape index (κ3) is 5.61. The maximum Gasteiger partial charge on any atom is 0.435 e. The van der Waals surface area contributed by atoms with Gasteiger partial charge in [-0.15, -0.1) is 0 Å². The van der Waals surface area contributed by atoms with E-state index in [2.05, 4.69) is 25.7 Å². The summed E-state index contributed by atoms with van der Waals surface area (Å²) < 4.78 is 54.0. The van der Waals surface area contributed by atoms with Gasteiger partial charge in [-0.25, -0.2) is 14.1 Å². The van der Waals surface area contributed by atoms with Gasteiger partial charge in [0.05, 0.1) is 11.6 Å². The van der Waals surface area contributed by atoms with E-state index < -0.39 is 23.6 Å². The summed E-state index contributed by atoms with van der Waals surface area (Å²) in [5.41, 5.74) is 0.197. The minimum absolute atomic E-state index is 0.0101. The van der Waals surface area contributed by atoms with Crippen LogP contribution in [0, 0.1) is 5.82 Å². The summed E-state index contributed by atoms with van der Waals surface area (Å²) in [7, 11) is 0. The van der Waals surface area contributed by atoms with Crippen LogP contribution in [0.4, 0.5) is 29.2 Å². The van der Waals surface area contributed by atoms with E-state index in [-0.39, 0.29) is 41.1 Å². The number of aliphatic hydroxyl groups is 1. The molecule has 4 rings (SSSR count). The number of hydrogen-bond acceptors (Lipinski definition) is 6. The van der Waals surface area contributed by atoms with Crippen molar-refractivity contribution in [3.8, 4) is 16.9 Å². The Bertz CT molecular complexity index is 1410. The molecule has 4 aromatic rings. The highest BCUT2D eigenvalue weighted by Crippen LogP contribution is 2.31. The zero-order chi connectivity index (χ0) is 25.9. The maximum atomic E-state index is 13.5. The first-order valence-electron chi connectivity index (χ1n) is 10.4. The fourth-order valence-corrected chi connectivity index (χ4v) is 3.39. The molecule has 0 aliphatic rings. The number of nitrogens with zero attached hydrogens (tertiary/aromatic N) is 4. The quantitative estimate of drug-likeness (QED) is 0.307. The molecule has 0 saturated carbocycles. The van der Waals surface area contributed by atoms with Gasteiger partial charge in [0.2, 0.25) is 5.95 Å². The van der Waals surface area contributed by atoms with E-state index in [1.54, 1.807) is 18.2 Å². The van der Waals surface area contributed by atoms with E-state index in [9.17, 15) is 22.4 Å². The molecule has 3 N–H and O–H groups in total.